The zero-order valence-electron chi connectivity index (χ0n) is 11.3. The van der Waals surface area contributed by atoms with E-state index in [9.17, 15) is 0 Å². The second-order valence-electron chi connectivity index (χ2n) is 4.15. The first-order chi connectivity index (χ1) is 9.67. The van der Waals surface area contributed by atoms with E-state index in [1.54, 1.807) is 24.3 Å². The van der Waals surface area contributed by atoms with Crippen molar-refractivity contribution in [2.75, 3.05) is 5.43 Å². The van der Waals surface area contributed by atoms with Crippen LogP contribution in [-0.4, -0.2) is 9.97 Å². The lowest BCUT2D eigenvalue weighted by molar-refractivity contribution is 0.455. The zero-order valence-corrected chi connectivity index (χ0v) is 11.3. The van der Waals surface area contributed by atoms with Gasteiger partial charge in [0.25, 0.3) is 0 Å². The lowest BCUT2D eigenvalue weighted by Gasteiger charge is -2.12. The molecule has 0 amide bonds. The first-order valence-corrected chi connectivity index (χ1v) is 6.20. The molecule has 0 spiro atoms. The summed E-state index contributed by atoms with van der Waals surface area (Å²) in [5, 5.41) is 8.77. The first-order valence-electron chi connectivity index (χ1n) is 6.20. The molecule has 0 aliphatic carbocycles. The van der Waals surface area contributed by atoms with E-state index in [1.807, 2.05) is 13.8 Å². The van der Waals surface area contributed by atoms with E-state index >= 15 is 0 Å². The van der Waals surface area contributed by atoms with Crippen molar-refractivity contribution in [3.05, 3.63) is 41.2 Å². The number of hydrazine groups is 1. The normalized spacial score (nSPS) is 9.90. The summed E-state index contributed by atoms with van der Waals surface area (Å²) in [6.07, 6.45) is 0.679. The number of hydrogen-bond acceptors (Lipinski definition) is 6. The second-order valence-corrected chi connectivity index (χ2v) is 4.15. The fraction of sp³-hybridized carbons (Fsp3) is 0.214. The molecule has 6 nitrogen and oxygen atoms in total. The van der Waals surface area contributed by atoms with Gasteiger partial charge in [-0.05, 0) is 31.2 Å². The quantitative estimate of drug-likeness (QED) is 0.653. The van der Waals surface area contributed by atoms with Crippen molar-refractivity contribution in [2.24, 2.45) is 5.84 Å². The Morgan fingerprint density at radius 3 is 2.55 bits per heavy atom. The molecule has 0 bridgehead atoms. The van der Waals surface area contributed by atoms with E-state index in [2.05, 4.69) is 21.5 Å². The number of anilines is 1. The number of hydrogen-bond donors (Lipinski definition) is 2. The molecular weight excluding hydrogens is 254 g/mol. The number of nitrogens with zero attached hydrogens (tertiary/aromatic N) is 3. The number of ether oxygens (including phenoxy) is 1. The average Bonchev–Trinajstić information content (AvgIpc) is 2.50. The van der Waals surface area contributed by atoms with Gasteiger partial charge in [0.2, 0.25) is 5.88 Å². The van der Waals surface area contributed by atoms with E-state index in [0.29, 0.717) is 35.3 Å². The summed E-state index contributed by atoms with van der Waals surface area (Å²) in [7, 11) is 0. The van der Waals surface area contributed by atoms with Gasteiger partial charge in [0.05, 0.1) is 17.2 Å². The fourth-order valence-electron chi connectivity index (χ4n) is 1.65. The summed E-state index contributed by atoms with van der Waals surface area (Å²) in [5.41, 5.74) is 3.85. The highest BCUT2D eigenvalue weighted by Gasteiger charge is 2.11. The molecule has 1 aromatic heterocycles. The summed E-state index contributed by atoms with van der Waals surface area (Å²) >= 11 is 0. The molecule has 0 saturated heterocycles. The minimum atomic E-state index is 0.453. The molecule has 0 aliphatic heterocycles. The van der Waals surface area contributed by atoms with Crippen LogP contribution in [-0.2, 0) is 6.42 Å². The fourth-order valence-corrected chi connectivity index (χ4v) is 1.65. The highest BCUT2D eigenvalue weighted by molar-refractivity contribution is 5.49. The van der Waals surface area contributed by atoms with Crippen molar-refractivity contribution in [3.8, 4) is 17.7 Å². The van der Waals surface area contributed by atoms with Crippen molar-refractivity contribution in [2.45, 2.75) is 20.3 Å². The van der Waals surface area contributed by atoms with E-state index in [1.165, 1.54) is 0 Å². The van der Waals surface area contributed by atoms with Gasteiger partial charge >= 0.3 is 0 Å². The maximum absolute atomic E-state index is 8.77. The smallest absolute Gasteiger partial charge is 0.227 e. The first kappa shape index (κ1) is 13.8. The number of rotatable bonds is 4. The van der Waals surface area contributed by atoms with Crippen molar-refractivity contribution in [1.82, 2.24) is 9.97 Å². The van der Waals surface area contributed by atoms with Gasteiger partial charge in [0.15, 0.2) is 0 Å². The van der Waals surface area contributed by atoms with Gasteiger partial charge in [-0.3, -0.25) is 0 Å². The average molecular weight is 269 g/mol. The van der Waals surface area contributed by atoms with E-state index < -0.39 is 0 Å². The molecule has 102 valence electrons. The lowest BCUT2D eigenvalue weighted by atomic mass is 10.2. The standard InChI is InChI=1S/C14H15N5O/c1-3-12-17-13(19-16)9(2)14(18-12)20-11-6-4-10(8-15)5-7-11/h4-7H,3,16H2,1-2H3,(H,17,18,19). The highest BCUT2D eigenvalue weighted by Crippen LogP contribution is 2.26. The molecule has 1 heterocycles. The molecule has 1 aromatic carbocycles. The maximum atomic E-state index is 8.77. The monoisotopic (exact) mass is 269 g/mol. The largest absolute Gasteiger partial charge is 0.439 e. The van der Waals surface area contributed by atoms with Crippen LogP contribution in [0.1, 0.15) is 23.9 Å². The van der Waals surface area contributed by atoms with Crippen LogP contribution in [0.5, 0.6) is 11.6 Å². The number of nitrogens with two attached hydrogens (primary N) is 1. The number of nitrogen functional groups attached to an aromatic ring is 1. The van der Waals surface area contributed by atoms with Gasteiger partial charge in [-0.25, -0.2) is 10.8 Å². The Hall–Kier alpha value is -2.65. The summed E-state index contributed by atoms with van der Waals surface area (Å²) < 4.78 is 5.74. The third kappa shape index (κ3) is 2.84. The van der Waals surface area contributed by atoms with Crippen LogP contribution < -0.4 is 16.0 Å². The van der Waals surface area contributed by atoms with E-state index in [0.717, 1.165) is 5.56 Å². The third-order valence-electron chi connectivity index (χ3n) is 2.80. The molecule has 0 radical (unpaired) electrons. The second kappa shape index (κ2) is 5.99. The minimum absolute atomic E-state index is 0.453. The van der Waals surface area contributed by atoms with Crippen LogP contribution in [0.25, 0.3) is 0 Å². The molecule has 0 fully saturated rings. The Morgan fingerprint density at radius 2 is 2.00 bits per heavy atom. The predicted octanol–water partition coefficient (Wildman–Crippen LogP) is 2.30. The van der Waals surface area contributed by atoms with Crippen LogP contribution in [0.4, 0.5) is 5.82 Å². The van der Waals surface area contributed by atoms with Gasteiger partial charge < -0.3 is 10.2 Å². The Morgan fingerprint density at radius 1 is 1.30 bits per heavy atom. The summed E-state index contributed by atoms with van der Waals surface area (Å²) in [5.74, 6) is 7.69. The molecule has 0 aliphatic rings. The van der Waals surface area contributed by atoms with Gasteiger partial charge in [0.1, 0.15) is 17.4 Å². The van der Waals surface area contributed by atoms with Gasteiger partial charge in [-0.2, -0.15) is 10.2 Å². The number of benzene rings is 1. The molecule has 0 unspecified atom stereocenters. The third-order valence-corrected chi connectivity index (χ3v) is 2.80. The molecule has 0 saturated carbocycles. The Kier molecular flexibility index (Phi) is 4.13. The molecular formula is C14H15N5O. The lowest BCUT2D eigenvalue weighted by Crippen LogP contribution is -2.13. The molecule has 2 aromatic rings. The van der Waals surface area contributed by atoms with E-state index in [4.69, 9.17) is 15.8 Å². The predicted molar refractivity (Wildman–Crippen MR) is 75.2 cm³/mol. The number of nitriles is 1. The topological polar surface area (TPSA) is 96.9 Å². The Balaban J connectivity index is 2.34. The van der Waals surface area contributed by atoms with Crippen LogP contribution >= 0.6 is 0 Å². The van der Waals surface area contributed by atoms with Crippen molar-refractivity contribution in [1.29, 1.82) is 5.26 Å². The zero-order chi connectivity index (χ0) is 14.5. The van der Waals surface area contributed by atoms with Crippen molar-refractivity contribution < 1.29 is 4.74 Å². The van der Waals surface area contributed by atoms with Gasteiger partial charge in [-0.1, -0.05) is 6.92 Å². The summed E-state index contributed by atoms with van der Waals surface area (Å²) in [4.78, 5) is 8.61. The van der Waals surface area contributed by atoms with Crippen LogP contribution in [0, 0.1) is 18.3 Å². The molecule has 0 atom stereocenters. The molecule has 3 N–H and O–H groups in total. The summed E-state index contributed by atoms with van der Waals surface area (Å²) in [6.45, 7) is 3.78. The van der Waals surface area contributed by atoms with Gasteiger partial charge in [0, 0.05) is 6.42 Å². The van der Waals surface area contributed by atoms with E-state index in [-0.39, 0.29) is 0 Å². The number of aromatic nitrogens is 2. The molecule has 20 heavy (non-hydrogen) atoms. The summed E-state index contributed by atoms with van der Waals surface area (Å²) in [6, 6.07) is 8.88. The molecule has 6 heteroatoms. The van der Waals surface area contributed by atoms with Crippen LogP contribution in [0.2, 0.25) is 0 Å². The van der Waals surface area contributed by atoms with Crippen molar-refractivity contribution in [3.63, 3.8) is 0 Å². The van der Waals surface area contributed by atoms with Crippen LogP contribution in [0.3, 0.4) is 0 Å². The van der Waals surface area contributed by atoms with Gasteiger partial charge in [-0.15, -0.1) is 0 Å². The maximum Gasteiger partial charge on any atom is 0.227 e. The number of nitrogens with one attached hydrogen (secondary N) is 1. The van der Waals surface area contributed by atoms with Crippen LogP contribution in [0.15, 0.2) is 24.3 Å². The highest BCUT2D eigenvalue weighted by atomic mass is 16.5. The SMILES string of the molecule is CCc1nc(NN)c(C)c(Oc2ccc(C#N)cc2)n1. The Labute approximate surface area is 117 Å². The Bertz CT molecular complexity index is 646. The minimum Gasteiger partial charge on any atom is -0.439 e. The molecule has 2 rings (SSSR count). The van der Waals surface area contributed by atoms with Crippen molar-refractivity contribution >= 4 is 5.82 Å². The number of aryl methyl sites for hydroxylation is 1.